The van der Waals surface area contributed by atoms with E-state index >= 15 is 0 Å². The lowest BCUT2D eigenvalue weighted by Gasteiger charge is -2.08. The standard InChI is InChI=1S/C15H16ClIN4/c1-3-4-12-14-15(20(2)19-12)21(13(9-16)18-14)11-7-5-10(17)6-8-11/h5-8H,3-4,9H2,1-2H3. The van der Waals surface area contributed by atoms with Crippen molar-refractivity contribution >= 4 is 45.4 Å². The van der Waals surface area contributed by atoms with Crippen LogP contribution in [0.15, 0.2) is 24.3 Å². The number of benzene rings is 1. The summed E-state index contributed by atoms with van der Waals surface area (Å²) < 4.78 is 5.21. The molecule has 3 aromatic rings. The molecule has 0 bridgehead atoms. The maximum absolute atomic E-state index is 6.11. The average molecular weight is 415 g/mol. The Kier molecular flexibility index (Phi) is 4.21. The number of nitrogens with zero attached hydrogens (tertiary/aromatic N) is 4. The summed E-state index contributed by atoms with van der Waals surface area (Å²) in [7, 11) is 1.96. The molecule has 21 heavy (non-hydrogen) atoms. The van der Waals surface area contributed by atoms with Crippen LogP contribution in [0.3, 0.4) is 0 Å². The summed E-state index contributed by atoms with van der Waals surface area (Å²) >= 11 is 8.41. The summed E-state index contributed by atoms with van der Waals surface area (Å²) in [6, 6.07) is 8.35. The van der Waals surface area contributed by atoms with E-state index in [1.54, 1.807) is 0 Å². The third kappa shape index (κ3) is 2.57. The van der Waals surface area contributed by atoms with Crippen molar-refractivity contribution in [1.82, 2.24) is 19.3 Å². The van der Waals surface area contributed by atoms with E-state index in [1.807, 2.05) is 11.7 Å². The zero-order valence-corrected chi connectivity index (χ0v) is 14.9. The molecule has 110 valence electrons. The molecule has 2 aromatic heterocycles. The Labute approximate surface area is 142 Å². The molecule has 0 saturated carbocycles. The highest BCUT2D eigenvalue weighted by Gasteiger charge is 2.19. The normalized spacial score (nSPS) is 11.4. The van der Waals surface area contributed by atoms with Crippen LogP contribution >= 0.6 is 34.2 Å². The summed E-state index contributed by atoms with van der Waals surface area (Å²) in [6.45, 7) is 2.15. The maximum atomic E-state index is 6.11. The molecular weight excluding hydrogens is 399 g/mol. The summed E-state index contributed by atoms with van der Waals surface area (Å²) in [4.78, 5) is 4.72. The van der Waals surface area contributed by atoms with Crippen LogP contribution in [-0.2, 0) is 19.3 Å². The second-order valence-electron chi connectivity index (χ2n) is 4.97. The zero-order valence-electron chi connectivity index (χ0n) is 12.0. The fourth-order valence-corrected chi connectivity index (χ4v) is 3.12. The topological polar surface area (TPSA) is 35.6 Å². The van der Waals surface area contributed by atoms with Gasteiger partial charge in [0.2, 0.25) is 0 Å². The van der Waals surface area contributed by atoms with Gasteiger partial charge in [0.15, 0.2) is 5.65 Å². The fourth-order valence-electron chi connectivity index (χ4n) is 2.58. The molecule has 3 rings (SSSR count). The van der Waals surface area contributed by atoms with Gasteiger partial charge < -0.3 is 0 Å². The molecule has 0 atom stereocenters. The third-order valence-corrected chi connectivity index (χ3v) is 4.42. The molecular formula is C15H16ClIN4. The second kappa shape index (κ2) is 5.96. The largest absolute Gasteiger partial charge is 0.280 e. The molecule has 0 aliphatic rings. The molecule has 0 spiro atoms. The van der Waals surface area contributed by atoms with Gasteiger partial charge in [-0.15, -0.1) is 11.6 Å². The van der Waals surface area contributed by atoms with E-state index in [0.29, 0.717) is 5.88 Å². The van der Waals surface area contributed by atoms with Crippen molar-refractivity contribution in [2.24, 2.45) is 7.05 Å². The Balaban J connectivity index is 2.27. The van der Waals surface area contributed by atoms with Crippen LogP contribution in [0.5, 0.6) is 0 Å². The fraction of sp³-hybridized carbons (Fsp3) is 0.333. The number of alkyl halides is 1. The number of aryl methyl sites for hydroxylation is 2. The molecule has 0 amide bonds. The number of hydrogen-bond acceptors (Lipinski definition) is 2. The van der Waals surface area contributed by atoms with Crippen LogP contribution in [0, 0.1) is 3.57 Å². The van der Waals surface area contributed by atoms with Gasteiger partial charge in [0.1, 0.15) is 11.3 Å². The summed E-state index contributed by atoms with van der Waals surface area (Å²) in [5, 5.41) is 4.61. The molecule has 0 unspecified atom stereocenters. The lowest BCUT2D eigenvalue weighted by Crippen LogP contribution is -2.04. The summed E-state index contributed by atoms with van der Waals surface area (Å²) in [5.41, 5.74) is 4.09. The van der Waals surface area contributed by atoms with Crippen molar-refractivity contribution in [3.05, 3.63) is 39.4 Å². The highest BCUT2D eigenvalue weighted by Crippen LogP contribution is 2.25. The maximum Gasteiger partial charge on any atom is 0.163 e. The Hall–Kier alpha value is -1.08. The van der Waals surface area contributed by atoms with Gasteiger partial charge in [0.25, 0.3) is 0 Å². The van der Waals surface area contributed by atoms with Crippen LogP contribution < -0.4 is 0 Å². The Morgan fingerprint density at radius 1 is 1.24 bits per heavy atom. The first-order valence-corrected chi connectivity index (χ1v) is 8.52. The van der Waals surface area contributed by atoms with E-state index in [2.05, 4.69) is 63.4 Å². The van der Waals surface area contributed by atoms with E-state index in [1.165, 1.54) is 3.57 Å². The molecule has 0 fully saturated rings. The van der Waals surface area contributed by atoms with Gasteiger partial charge in [0.05, 0.1) is 11.6 Å². The zero-order chi connectivity index (χ0) is 15.0. The quantitative estimate of drug-likeness (QED) is 0.477. The van der Waals surface area contributed by atoms with E-state index in [9.17, 15) is 0 Å². The lowest BCUT2D eigenvalue weighted by molar-refractivity contribution is 0.732. The molecule has 6 heteroatoms. The van der Waals surface area contributed by atoms with Crippen molar-refractivity contribution in [2.75, 3.05) is 0 Å². The van der Waals surface area contributed by atoms with E-state index in [4.69, 9.17) is 16.6 Å². The van der Waals surface area contributed by atoms with Crippen molar-refractivity contribution in [2.45, 2.75) is 25.6 Å². The monoisotopic (exact) mass is 414 g/mol. The first-order valence-electron chi connectivity index (χ1n) is 6.90. The third-order valence-electron chi connectivity index (χ3n) is 3.46. The molecule has 0 saturated heterocycles. The lowest BCUT2D eigenvalue weighted by atomic mass is 10.2. The number of aromatic nitrogens is 4. The first-order chi connectivity index (χ1) is 10.2. The van der Waals surface area contributed by atoms with Crippen molar-refractivity contribution in [3.63, 3.8) is 0 Å². The van der Waals surface area contributed by atoms with Gasteiger partial charge in [-0.3, -0.25) is 4.57 Å². The second-order valence-corrected chi connectivity index (χ2v) is 6.48. The summed E-state index contributed by atoms with van der Waals surface area (Å²) in [6.07, 6.45) is 1.99. The van der Waals surface area contributed by atoms with Crippen molar-refractivity contribution < 1.29 is 0 Å². The Morgan fingerprint density at radius 3 is 2.57 bits per heavy atom. The molecule has 0 aliphatic heterocycles. The smallest absolute Gasteiger partial charge is 0.163 e. The van der Waals surface area contributed by atoms with Gasteiger partial charge in [-0.05, 0) is 53.3 Å². The van der Waals surface area contributed by atoms with Gasteiger partial charge >= 0.3 is 0 Å². The molecule has 0 radical (unpaired) electrons. The first kappa shape index (κ1) is 14.8. The minimum absolute atomic E-state index is 0.381. The van der Waals surface area contributed by atoms with Crippen molar-refractivity contribution in [1.29, 1.82) is 0 Å². The molecule has 0 N–H and O–H groups in total. The SMILES string of the molecule is CCCc1nn(C)c2c1nc(CCl)n2-c1ccc(I)cc1. The van der Waals surface area contributed by atoms with Gasteiger partial charge in [0, 0.05) is 16.3 Å². The molecule has 0 aliphatic carbocycles. The molecule has 1 aromatic carbocycles. The molecule has 2 heterocycles. The van der Waals surface area contributed by atoms with E-state index < -0.39 is 0 Å². The predicted octanol–water partition coefficient (Wildman–Crippen LogP) is 4.05. The number of hydrogen-bond donors (Lipinski definition) is 0. The minimum Gasteiger partial charge on any atom is -0.280 e. The van der Waals surface area contributed by atoms with Crippen LogP contribution in [0.25, 0.3) is 16.9 Å². The van der Waals surface area contributed by atoms with Crippen LogP contribution in [0.1, 0.15) is 24.9 Å². The average Bonchev–Trinajstić information content (AvgIpc) is 2.99. The number of rotatable bonds is 4. The summed E-state index contributed by atoms with van der Waals surface area (Å²) in [5.74, 6) is 1.24. The predicted molar refractivity (Wildman–Crippen MR) is 94.1 cm³/mol. The number of fused-ring (bicyclic) bond motifs is 1. The molecule has 4 nitrogen and oxygen atoms in total. The highest BCUT2D eigenvalue weighted by atomic mass is 127. The minimum atomic E-state index is 0.381. The highest BCUT2D eigenvalue weighted by molar-refractivity contribution is 14.1. The van der Waals surface area contributed by atoms with E-state index in [0.717, 1.165) is 41.2 Å². The Bertz CT molecular complexity index is 773. The van der Waals surface area contributed by atoms with Gasteiger partial charge in [-0.2, -0.15) is 5.10 Å². The Morgan fingerprint density at radius 2 is 1.95 bits per heavy atom. The van der Waals surface area contributed by atoms with Crippen molar-refractivity contribution in [3.8, 4) is 5.69 Å². The number of imidazole rings is 1. The van der Waals surface area contributed by atoms with Crippen LogP contribution in [-0.4, -0.2) is 19.3 Å². The van der Waals surface area contributed by atoms with Gasteiger partial charge in [-0.1, -0.05) is 13.3 Å². The van der Waals surface area contributed by atoms with Crippen LogP contribution in [0.4, 0.5) is 0 Å². The number of halogens is 2. The van der Waals surface area contributed by atoms with Gasteiger partial charge in [-0.25, -0.2) is 9.67 Å². The van der Waals surface area contributed by atoms with E-state index in [-0.39, 0.29) is 0 Å². The van der Waals surface area contributed by atoms with Crippen LogP contribution in [0.2, 0.25) is 0 Å².